The number of benzene rings is 1. The highest BCUT2D eigenvalue weighted by molar-refractivity contribution is 7.18. The van der Waals surface area contributed by atoms with Crippen LogP contribution in [0, 0.1) is 5.82 Å². The first-order valence-corrected chi connectivity index (χ1v) is 8.42. The van der Waals surface area contributed by atoms with E-state index in [1.807, 2.05) is 0 Å². The van der Waals surface area contributed by atoms with Crippen molar-refractivity contribution in [3.05, 3.63) is 50.9 Å². The highest BCUT2D eigenvalue weighted by Gasteiger charge is 2.35. The summed E-state index contributed by atoms with van der Waals surface area (Å²) in [6.07, 6.45) is 0.489. The van der Waals surface area contributed by atoms with E-state index in [0.717, 1.165) is 0 Å². The molecule has 1 amide bonds. The van der Waals surface area contributed by atoms with Gasteiger partial charge in [-0.2, -0.15) is 0 Å². The zero-order valence-electron chi connectivity index (χ0n) is 12.8. The summed E-state index contributed by atoms with van der Waals surface area (Å²) < 4.78 is 20.4. The molecule has 24 heavy (non-hydrogen) atoms. The van der Waals surface area contributed by atoms with Crippen LogP contribution in [0.3, 0.4) is 0 Å². The number of nitrogens with two attached hydrogens (primary N) is 1. The molecule has 1 aliphatic rings. The molecule has 3 N–H and O–H groups in total. The van der Waals surface area contributed by atoms with Gasteiger partial charge in [0.05, 0.1) is 9.21 Å². The summed E-state index contributed by atoms with van der Waals surface area (Å²) in [5, 5.41) is 2.74. The van der Waals surface area contributed by atoms with Crippen LogP contribution in [0.5, 0.6) is 0 Å². The van der Waals surface area contributed by atoms with Gasteiger partial charge in [0.25, 0.3) is 11.9 Å². The SMILES string of the molecule is C[C@@]1(c2cc(NC(=O)c3ccc(Cl)s3)ccc2F)CCN=C(N)O1. The highest BCUT2D eigenvalue weighted by atomic mass is 35.5. The van der Waals surface area contributed by atoms with Crippen LogP contribution in [0.4, 0.5) is 10.1 Å². The number of amidine groups is 1. The third-order valence-corrected chi connectivity index (χ3v) is 5.01. The number of halogens is 2. The molecule has 126 valence electrons. The normalized spacial score (nSPS) is 20.2. The second-order valence-electron chi connectivity index (χ2n) is 5.56. The van der Waals surface area contributed by atoms with E-state index in [1.54, 1.807) is 25.1 Å². The third-order valence-electron chi connectivity index (χ3n) is 3.78. The first-order valence-electron chi connectivity index (χ1n) is 7.23. The molecule has 0 spiro atoms. The minimum absolute atomic E-state index is 0.0332. The topological polar surface area (TPSA) is 76.7 Å². The van der Waals surface area contributed by atoms with E-state index in [9.17, 15) is 9.18 Å². The van der Waals surface area contributed by atoms with Gasteiger partial charge < -0.3 is 15.8 Å². The maximum absolute atomic E-state index is 14.3. The Morgan fingerprint density at radius 1 is 1.46 bits per heavy atom. The first kappa shape index (κ1) is 16.7. The number of nitrogens with one attached hydrogen (secondary N) is 1. The number of aliphatic imine (C=N–C) groups is 1. The Balaban J connectivity index is 1.86. The molecule has 5 nitrogen and oxygen atoms in total. The zero-order chi connectivity index (χ0) is 17.3. The number of hydrogen-bond donors (Lipinski definition) is 2. The fraction of sp³-hybridized carbons (Fsp3) is 0.250. The number of thiophene rings is 1. The van der Waals surface area contributed by atoms with Crippen LogP contribution in [0.25, 0.3) is 0 Å². The van der Waals surface area contributed by atoms with Gasteiger partial charge in [-0.05, 0) is 37.3 Å². The lowest BCUT2D eigenvalue weighted by Crippen LogP contribution is -2.38. The summed E-state index contributed by atoms with van der Waals surface area (Å²) in [6.45, 7) is 2.20. The highest BCUT2D eigenvalue weighted by Crippen LogP contribution is 2.35. The number of rotatable bonds is 3. The van der Waals surface area contributed by atoms with Gasteiger partial charge in [-0.25, -0.2) is 9.38 Å². The number of anilines is 1. The molecule has 1 aliphatic heterocycles. The predicted molar refractivity (Wildman–Crippen MR) is 93.2 cm³/mol. The van der Waals surface area contributed by atoms with Gasteiger partial charge in [0.1, 0.15) is 11.4 Å². The largest absolute Gasteiger partial charge is 0.454 e. The van der Waals surface area contributed by atoms with E-state index in [4.69, 9.17) is 22.1 Å². The smallest absolute Gasteiger partial charge is 0.282 e. The van der Waals surface area contributed by atoms with E-state index in [0.29, 0.717) is 33.4 Å². The molecule has 0 aliphatic carbocycles. The summed E-state index contributed by atoms with van der Waals surface area (Å²) in [4.78, 5) is 16.6. The molecule has 0 bridgehead atoms. The Hall–Kier alpha value is -2.12. The molecule has 1 atom stereocenters. The predicted octanol–water partition coefficient (Wildman–Crippen LogP) is 3.74. The summed E-state index contributed by atoms with van der Waals surface area (Å²) in [5.41, 5.74) is 5.48. The fourth-order valence-corrected chi connectivity index (χ4v) is 3.46. The third kappa shape index (κ3) is 3.37. The molecule has 2 heterocycles. The lowest BCUT2D eigenvalue weighted by molar-refractivity contribution is 0.0482. The Kier molecular flexibility index (Phi) is 4.47. The van der Waals surface area contributed by atoms with Crippen LogP contribution in [-0.2, 0) is 10.3 Å². The average molecular weight is 368 g/mol. The molecular formula is C16H15ClFN3O2S. The lowest BCUT2D eigenvalue weighted by atomic mass is 9.90. The van der Waals surface area contributed by atoms with Gasteiger partial charge in [-0.15, -0.1) is 11.3 Å². The Labute approximate surface area is 147 Å². The molecule has 0 radical (unpaired) electrons. The molecule has 1 aromatic carbocycles. The molecule has 8 heteroatoms. The van der Waals surface area contributed by atoms with Gasteiger partial charge in [0.15, 0.2) is 0 Å². The molecule has 0 unspecified atom stereocenters. The molecular weight excluding hydrogens is 353 g/mol. The Morgan fingerprint density at radius 3 is 2.92 bits per heavy atom. The minimum Gasteiger partial charge on any atom is -0.454 e. The van der Waals surface area contributed by atoms with E-state index in [1.165, 1.54) is 23.5 Å². The number of carbonyl (C=O) groups excluding carboxylic acids is 1. The number of hydrogen-bond acceptors (Lipinski definition) is 5. The Morgan fingerprint density at radius 2 is 2.25 bits per heavy atom. The van der Waals surface area contributed by atoms with Crippen LogP contribution in [0.15, 0.2) is 35.3 Å². The van der Waals surface area contributed by atoms with Crippen LogP contribution >= 0.6 is 22.9 Å². The second kappa shape index (κ2) is 6.41. The van der Waals surface area contributed by atoms with Crippen LogP contribution in [-0.4, -0.2) is 18.5 Å². The number of ether oxygens (including phenoxy) is 1. The first-order chi connectivity index (χ1) is 11.4. The van der Waals surface area contributed by atoms with Gasteiger partial charge >= 0.3 is 0 Å². The van der Waals surface area contributed by atoms with Crippen molar-refractivity contribution in [3.8, 4) is 0 Å². The Bertz CT molecular complexity index is 823. The summed E-state index contributed by atoms with van der Waals surface area (Å²) in [7, 11) is 0. The van der Waals surface area contributed by atoms with Gasteiger partial charge in [0, 0.05) is 24.2 Å². The summed E-state index contributed by atoms with van der Waals surface area (Å²) in [6, 6.07) is 7.66. The van der Waals surface area contributed by atoms with E-state index in [-0.39, 0.29) is 11.9 Å². The number of carbonyl (C=O) groups is 1. The quantitative estimate of drug-likeness (QED) is 0.867. The molecule has 2 aromatic rings. The van der Waals surface area contributed by atoms with Crippen molar-refractivity contribution in [1.29, 1.82) is 0 Å². The molecule has 0 saturated carbocycles. The standard InChI is InChI=1S/C16H15ClFN3O2S/c1-16(6-7-20-15(19)23-16)10-8-9(2-3-11(10)18)21-14(22)12-4-5-13(17)24-12/h2-5,8H,6-7H2,1H3,(H2,19,20)(H,21,22)/t16-/m0/s1. The van der Waals surface area contributed by atoms with Gasteiger partial charge in [-0.3, -0.25) is 4.79 Å². The average Bonchev–Trinajstić information content (AvgIpc) is 2.95. The van der Waals surface area contributed by atoms with Crippen molar-refractivity contribution >= 4 is 40.6 Å². The lowest BCUT2D eigenvalue weighted by Gasteiger charge is -2.33. The monoisotopic (exact) mass is 367 g/mol. The molecule has 1 aromatic heterocycles. The van der Waals surface area contributed by atoms with Crippen LogP contribution in [0.2, 0.25) is 4.34 Å². The molecule has 0 saturated heterocycles. The van der Waals surface area contributed by atoms with Crippen molar-refractivity contribution < 1.29 is 13.9 Å². The van der Waals surface area contributed by atoms with E-state index in [2.05, 4.69) is 10.3 Å². The number of nitrogens with zero attached hydrogens (tertiary/aromatic N) is 1. The molecule has 0 fully saturated rings. The van der Waals surface area contributed by atoms with Crippen molar-refractivity contribution in [2.45, 2.75) is 18.9 Å². The van der Waals surface area contributed by atoms with E-state index >= 15 is 0 Å². The zero-order valence-corrected chi connectivity index (χ0v) is 14.4. The summed E-state index contributed by atoms with van der Waals surface area (Å²) in [5.74, 6) is -0.732. The fourth-order valence-electron chi connectivity index (χ4n) is 2.52. The number of amides is 1. The van der Waals surface area contributed by atoms with Crippen molar-refractivity contribution in [3.63, 3.8) is 0 Å². The summed E-state index contributed by atoms with van der Waals surface area (Å²) >= 11 is 7.01. The van der Waals surface area contributed by atoms with Crippen molar-refractivity contribution in [2.24, 2.45) is 10.7 Å². The molecule has 3 rings (SSSR count). The van der Waals surface area contributed by atoms with Crippen molar-refractivity contribution in [2.75, 3.05) is 11.9 Å². The second-order valence-corrected chi connectivity index (χ2v) is 7.27. The van der Waals surface area contributed by atoms with Crippen LogP contribution in [0.1, 0.15) is 28.6 Å². The maximum atomic E-state index is 14.3. The maximum Gasteiger partial charge on any atom is 0.282 e. The minimum atomic E-state index is -0.928. The van der Waals surface area contributed by atoms with Gasteiger partial charge in [-0.1, -0.05) is 11.6 Å². The van der Waals surface area contributed by atoms with Crippen LogP contribution < -0.4 is 11.1 Å². The van der Waals surface area contributed by atoms with Crippen molar-refractivity contribution in [1.82, 2.24) is 0 Å². The van der Waals surface area contributed by atoms with Gasteiger partial charge in [0.2, 0.25) is 0 Å². The van der Waals surface area contributed by atoms with E-state index < -0.39 is 11.4 Å².